The summed E-state index contributed by atoms with van der Waals surface area (Å²) in [7, 11) is 0. The van der Waals surface area contributed by atoms with Crippen LogP contribution in [0, 0.1) is 11.3 Å². The highest BCUT2D eigenvalue weighted by Gasteiger charge is 2.18. The lowest BCUT2D eigenvalue weighted by atomic mass is 10.0. The van der Waals surface area contributed by atoms with Gasteiger partial charge in [-0.05, 0) is 35.9 Å². The minimum absolute atomic E-state index is 0.231. The summed E-state index contributed by atoms with van der Waals surface area (Å²) in [6.07, 6.45) is 0. The molecule has 0 saturated carbocycles. The van der Waals surface area contributed by atoms with E-state index in [1.165, 1.54) is 0 Å². The molecule has 3 aromatic carbocycles. The molecule has 0 fully saturated rings. The molecule has 0 radical (unpaired) electrons. The zero-order valence-electron chi connectivity index (χ0n) is 16.1. The number of nitriles is 1. The minimum atomic E-state index is -0.366. The predicted molar refractivity (Wildman–Crippen MR) is 121 cm³/mol. The Balaban J connectivity index is 1.63. The van der Waals surface area contributed by atoms with Crippen molar-refractivity contribution in [1.82, 2.24) is 15.0 Å². The van der Waals surface area contributed by atoms with Crippen molar-refractivity contribution in [2.45, 2.75) is 0 Å². The van der Waals surface area contributed by atoms with Crippen molar-refractivity contribution in [3.05, 3.63) is 88.9 Å². The van der Waals surface area contributed by atoms with Gasteiger partial charge in [0.1, 0.15) is 23.0 Å². The van der Waals surface area contributed by atoms with Gasteiger partial charge >= 0.3 is 0 Å². The molecule has 5 rings (SSSR count). The maximum absolute atomic E-state index is 12.6. The minimum Gasteiger partial charge on any atom is -0.323 e. The monoisotopic (exact) mass is 423 g/mol. The van der Waals surface area contributed by atoms with Crippen LogP contribution in [-0.2, 0) is 0 Å². The second kappa shape index (κ2) is 7.56. The van der Waals surface area contributed by atoms with Crippen LogP contribution in [0.5, 0.6) is 0 Å². The molecule has 0 aliphatic rings. The van der Waals surface area contributed by atoms with E-state index in [-0.39, 0.29) is 17.3 Å². The van der Waals surface area contributed by atoms with Gasteiger partial charge in [-0.2, -0.15) is 5.26 Å². The molecule has 1 amide bonds. The van der Waals surface area contributed by atoms with Gasteiger partial charge in [-0.25, -0.2) is 9.97 Å². The van der Waals surface area contributed by atoms with Gasteiger partial charge in [0.05, 0.1) is 11.0 Å². The van der Waals surface area contributed by atoms with Gasteiger partial charge in [-0.3, -0.25) is 4.79 Å². The number of para-hydroxylation sites is 1. The maximum atomic E-state index is 12.6. The number of carbonyl (C=O) groups is 1. The van der Waals surface area contributed by atoms with Crippen molar-refractivity contribution >= 4 is 45.5 Å². The molecule has 0 atom stereocenters. The molecule has 6 nitrogen and oxygen atoms in total. The number of hydrogen-bond donors (Lipinski definition) is 2. The number of aromatic nitrogens is 3. The first-order chi connectivity index (χ1) is 15.1. The number of nitrogens with one attached hydrogen (secondary N) is 2. The molecule has 0 saturated heterocycles. The van der Waals surface area contributed by atoms with Crippen LogP contribution in [0.4, 0.5) is 5.82 Å². The number of nitrogens with zero attached hydrogens (tertiary/aromatic N) is 3. The quantitative estimate of drug-likeness (QED) is 0.397. The average Bonchev–Trinajstić information content (AvgIpc) is 3.13. The Labute approximate surface area is 182 Å². The average molecular weight is 424 g/mol. The van der Waals surface area contributed by atoms with Crippen LogP contribution >= 0.6 is 11.6 Å². The third-order valence-electron chi connectivity index (χ3n) is 4.97. The summed E-state index contributed by atoms with van der Waals surface area (Å²) in [5.74, 6) is -0.108. The lowest BCUT2D eigenvalue weighted by Gasteiger charge is -2.05. The van der Waals surface area contributed by atoms with E-state index in [0.717, 1.165) is 11.1 Å². The van der Waals surface area contributed by atoms with Gasteiger partial charge < -0.3 is 10.3 Å². The van der Waals surface area contributed by atoms with E-state index in [9.17, 15) is 10.1 Å². The molecule has 2 heterocycles. The number of fused-ring (bicyclic) bond motifs is 2. The van der Waals surface area contributed by atoms with E-state index in [1.54, 1.807) is 24.3 Å². The van der Waals surface area contributed by atoms with E-state index >= 15 is 0 Å². The second-order valence-corrected chi connectivity index (χ2v) is 7.34. The van der Waals surface area contributed by atoms with Gasteiger partial charge in [0.25, 0.3) is 5.91 Å². The maximum Gasteiger partial charge on any atom is 0.256 e. The zero-order valence-corrected chi connectivity index (χ0v) is 16.8. The molecule has 2 aromatic heterocycles. The van der Waals surface area contributed by atoms with Gasteiger partial charge in [0.2, 0.25) is 0 Å². The van der Waals surface area contributed by atoms with Crippen molar-refractivity contribution in [1.29, 1.82) is 5.26 Å². The number of hydrogen-bond acceptors (Lipinski definition) is 4. The summed E-state index contributed by atoms with van der Waals surface area (Å²) in [5.41, 5.74) is 4.79. The second-order valence-electron chi connectivity index (χ2n) is 6.91. The van der Waals surface area contributed by atoms with Crippen LogP contribution < -0.4 is 5.32 Å². The Morgan fingerprint density at radius 2 is 1.71 bits per heavy atom. The van der Waals surface area contributed by atoms with Gasteiger partial charge in [-0.1, -0.05) is 54.1 Å². The first kappa shape index (κ1) is 18.8. The fourth-order valence-electron chi connectivity index (χ4n) is 3.48. The highest BCUT2D eigenvalue weighted by atomic mass is 35.5. The number of anilines is 1. The van der Waals surface area contributed by atoms with Gasteiger partial charge in [-0.15, -0.1) is 0 Å². The Bertz CT molecular complexity index is 1480. The Morgan fingerprint density at radius 1 is 0.935 bits per heavy atom. The zero-order chi connectivity index (χ0) is 21.4. The van der Waals surface area contributed by atoms with Crippen LogP contribution in [0.1, 0.15) is 15.9 Å². The number of aromatic amines is 1. The van der Waals surface area contributed by atoms with Gasteiger partial charge in [0.15, 0.2) is 5.65 Å². The van der Waals surface area contributed by atoms with E-state index in [0.29, 0.717) is 32.8 Å². The largest absolute Gasteiger partial charge is 0.323 e. The summed E-state index contributed by atoms with van der Waals surface area (Å²) >= 11 is 5.89. The number of H-pyrrole nitrogens is 1. The molecule has 0 aliphatic heterocycles. The topological polar surface area (TPSA) is 94.5 Å². The van der Waals surface area contributed by atoms with Crippen LogP contribution in [0.3, 0.4) is 0 Å². The molecule has 148 valence electrons. The standard InChI is InChI=1S/C24H14ClN5O/c25-16-11-9-15(10-12-16)24(31)30-22-18(13-26)21-23(29-22)27-19-8-4-7-17(20(19)28-21)14-5-2-1-3-6-14/h1-12H,(H,27,29)(H,30,31). The summed E-state index contributed by atoms with van der Waals surface area (Å²) < 4.78 is 0. The number of amides is 1. The molecule has 31 heavy (non-hydrogen) atoms. The molecule has 0 bridgehead atoms. The smallest absolute Gasteiger partial charge is 0.256 e. The predicted octanol–water partition coefficient (Wildman–Crippen LogP) is 5.56. The fourth-order valence-corrected chi connectivity index (χ4v) is 3.60. The first-order valence-corrected chi connectivity index (χ1v) is 9.87. The van der Waals surface area contributed by atoms with Crippen LogP contribution in [0.15, 0.2) is 72.8 Å². The molecule has 2 N–H and O–H groups in total. The summed E-state index contributed by atoms with van der Waals surface area (Å²) in [5, 5.41) is 13.1. The molecular weight excluding hydrogens is 410 g/mol. The van der Waals surface area contributed by atoms with Crippen LogP contribution in [-0.4, -0.2) is 20.9 Å². The molecular formula is C24H14ClN5O. The van der Waals surface area contributed by atoms with E-state index in [2.05, 4.69) is 21.4 Å². The van der Waals surface area contributed by atoms with E-state index < -0.39 is 0 Å². The summed E-state index contributed by atoms with van der Waals surface area (Å²) in [6, 6.07) is 24.3. The van der Waals surface area contributed by atoms with Crippen LogP contribution in [0.25, 0.3) is 33.3 Å². The number of rotatable bonds is 3. The normalized spacial score (nSPS) is 10.8. The third kappa shape index (κ3) is 3.37. The number of benzene rings is 3. The highest BCUT2D eigenvalue weighted by molar-refractivity contribution is 6.30. The number of carbonyl (C=O) groups excluding carboxylic acids is 1. The Kier molecular flexibility index (Phi) is 4.58. The van der Waals surface area contributed by atoms with Crippen molar-refractivity contribution in [3.8, 4) is 17.2 Å². The van der Waals surface area contributed by atoms with Crippen molar-refractivity contribution in [2.75, 3.05) is 5.32 Å². The molecule has 0 spiro atoms. The van der Waals surface area contributed by atoms with Gasteiger partial charge in [0, 0.05) is 16.1 Å². The fraction of sp³-hybridized carbons (Fsp3) is 0. The van der Waals surface area contributed by atoms with Crippen LogP contribution in [0.2, 0.25) is 5.02 Å². The van der Waals surface area contributed by atoms with Crippen molar-refractivity contribution in [3.63, 3.8) is 0 Å². The third-order valence-corrected chi connectivity index (χ3v) is 5.22. The Morgan fingerprint density at radius 3 is 2.45 bits per heavy atom. The SMILES string of the molecule is N#Cc1c(NC(=O)c2ccc(Cl)cc2)[nH]c2nc3cccc(-c4ccccc4)c3nc12. The molecule has 0 unspecified atom stereocenters. The molecule has 7 heteroatoms. The van der Waals surface area contributed by atoms with E-state index in [1.807, 2.05) is 48.5 Å². The Hall–Kier alpha value is -4.21. The van der Waals surface area contributed by atoms with Crippen molar-refractivity contribution < 1.29 is 4.79 Å². The van der Waals surface area contributed by atoms with E-state index in [4.69, 9.17) is 16.6 Å². The summed E-state index contributed by atoms with van der Waals surface area (Å²) in [6.45, 7) is 0. The lowest BCUT2D eigenvalue weighted by Crippen LogP contribution is -2.12. The number of halogens is 1. The molecule has 0 aliphatic carbocycles. The lowest BCUT2D eigenvalue weighted by molar-refractivity contribution is 0.102. The summed E-state index contributed by atoms with van der Waals surface area (Å²) in [4.78, 5) is 25.0. The molecule has 5 aromatic rings. The van der Waals surface area contributed by atoms with Crippen molar-refractivity contribution in [2.24, 2.45) is 0 Å². The highest BCUT2D eigenvalue weighted by Crippen LogP contribution is 2.30. The first-order valence-electron chi connectivity index (χ1n) is 9.49.